The number of carbonyl (C=O) groups excluding carboxylic acids is 2. The van der Waals surface area contributed by atoms with Gasteiger partial charge in [-0.15, -0.1) is 0 Å². The summed E-state index contributed by atoms with van der Waals surface area (Å²) in [6, 6.07) is 19.7. The summed E-state index contributed by atoms with van der Waals surface area (Å²) in [7, 11) is 0. The first kappa shape index (κ1) is 19.6. The van der Waals surface area contributed by atoms with Crippen molar-refractivity contribution in [3.63, 3.8) is 0 Å². The van der Waals surface area contributed by atoms with Gasteiger partial charge in [-0.2, -0.15) is 0 Å². The first-order valence-electron chi connectivity index (χ1n) is 10.6. The van der Waals surface area contributed by atoms with Gasteiger partial charge in [0, 0.05) is 19.0 Å². The molecule has 0 spiro atoms. The zero-order chi connectivity index (χ0) is 20.3. The van der Waals surface area contributed by atoms with E-state index in [1.165, 1.54) is 11.3 Å². The molecule has 2 aliphatic rings. The number of benzene rings is 2. The molecule has 2 saturated heterocycles. The maximum Gasteiger partial charge on any atom is 0.326 e. The summed E-state index contributed by atoms with van der Waals surface area (Å²) in [6.07, 6.45) is 4.95. The van der Waals surface area contributed by atoms with Gasteiger partial charge in [0.25, 0.3) is 5.91 Å². The van der Waals surface area contributed by atoms with Crippen molar-refractivity contribution in [2.75, 3.05) is 13.2 Å². The van der Waals surface area contributed by atoms with E-state index in [0.717, 1.165) is 36.9 Å². The predicted octanol–water partition coefficient (Wildman–Crippen LogP) is 3.90. The number of imide groups is 1. The van der Waals surface area contributed by atoms with Gasteiger partial charge in [-0.1, -0.05) is 74.0 Å². The fourth-order valence-electron chi connectivity index (χ4n) is 4.69. The molecule has 0 aliphatic carbocycles. The number of piperidine rings is 1. The van der Waals surface area contributed by atoms with Crippen LogP contribution in [0.2, 0.25) is 0 Å². The first-order chi connectivity index (χ1) is 14.1. The highest BCUT2D eigenvalue weighted by Crippen LogP contribution is 2.33. The van der Waals surface area contributed by atoms with E-state index in [0.29, 0.717) is 19.1 Å². The van der Waals surface area contributed by atoms with E-state index in [4.69, 9.17) is 0 Å². The van der Waals surface area contributed by atoms with Crippen LogP contribution in [0, 0.1) is 0 Å². The molecule has 2 heterocycles. The lowest BCUT2D eigenvalue weighted by Crippen LogP contribution is -2.49. The van der Waals surface area contributed by atoms with Crippen molar-refractivity contribution in [1.82, 2.24) is 15.1 Å². The molecule has 2 atom stereocenters. The molecule has 0 bridgehead atoms. The van der Waals surface area contributed by atoms with Gasteiger partial charge in [0.05, 0.1) is 6.67 Å². The van der Waals surface area contributed by atoms with Crippen molar-refractivity contribution in [2.45, 2.75) is 50.6 Å². The second-order valence-electron chi connectivity index (χ2n) is 8.11. The van der Waals surface area contributed by atoms with E-state index in [1.54, 1.807) is 0 Å². The molecule has 5 heteroatoms. The van der Waals surface area contributed by atoms with Crippen LogP contribution in [0.4, 0.5) is 4.79 Å². The standard InChI is InChI=1S/C24H29N3O2/c1-2-21-15-9-10-16-26(21)18-27-22(28)24(25-23(27)29,20-13-7-4-8-14-20)17-19-11-5-3-6-12-19/h3-8,11-14,21H,2,9-10,15-18H2,1H3,(H,25,29)/t21-,24+/m0/s1. The minimum Gasteiger partial charge on any atom is -0.319 e. The minimum absolute atomic E-state index is 0.155. The van der Waals surface area contributed by atoms with E-state index in [2.05, 4.69) is 17.1 Å². The molecule has 1 N–H and O–H groups in total. The quantitative estimate of drug-likeness (QED) is 0.760. The third kappa shape index (κ3) is 3.79. The van der Waals surface area contributed by atoms with Gasteiger partial charge in [0.15, 0.2) is 5.54 Å². The lowest BCUT2D eigenvalue weighted by molar-refractivity contribution is -0.133. The number of rotatable bonds is 6. The largest absolute Gasteiger partial charge is 0.326 e. The van der Waals surface area contributed by atoms with Gasteiger partial charge in [0.1, 0.15) is 0 Å². The highest BCUT2D eigenvalue weighted by molar-refractivity contribution is 6.07. The normalized spacial score (nSPS) is 25.3. The summed E-state index contributed by atoms with van der Waals surface area (Å²) in [5.41, 5.74) is 0.795. The second kappa shape index (κ2) is 8.37. The molecule has 29 heavy (non-hydrogen) atoms. The maximum absolute atomic E-state index is 13.7. The highest BCUT2D eigenvalue weighted by Gasteiger charge is 2.52. The Bertz CT molecular complexity index is 855. The van der Waals surface area contributed by atoms with E-state index < -0.39 is 5.54 Å². The number of hydrogen-bond acceptors (Lipinski definition) is 3. The molecule has 2 fully saturated rings. The Morgan fingerprint density at radius 3 is 2.38 bits per heavy atom. The zero-order valence-corrected chi connectivity index (χ0v) is 17.0. The fraction of sp³-hybridized carbons (Fsp3) is 0.417. The van der Waals surface area contributed by atoms with E-state index in [-0.39, 0.29) is 11.9 Å². The van der Waals surface area contributed by atoms with Gasteiger partial charge in [-0.05, 0) is 30.4 Å². The number of hydrogen-bond donors (Lipinski definition) is 1. The van der Waals surface area contributed by atoms with Crippen molar-refractivity contribution in [1.29, 1.82) is 0 Å². The zero-order valence-electron chi connectivity index (χ0n) is 17.0. The SMILES string of the molecule is CC[C@H]1CCCCN1CN1C(=O)N[C@](Cc2ccccc2)(c2ccccc2)C1=O. The summed E-state index contributed by atoms with van der Waals surface area (Å²) < 4.78 is 0. The molecule has 0 unspecified atom stereocenters. The lowest BCUT2D eigenvalue weighted by Gasteiger charge is -2.37. The Morgan fingerprint density at radius 2 is 1.69 bits per heavy atom. The first-order valence-corrected chi connectivity index (χ1v) is 10.6. The maximum atomic E-state index is 13.7. The third-order valence-electron chi connectivity index (χ3n) is 6.30. The molecule has 2 aliphatic heterocycles. The van der Waals surface area contributed by atoms with Crippen molar-refractivity contribution in [3.05, 3.63) is 71.8 Å². The number of likely N-dealkylation sites (tertiary alicyclic amines) is 1. The summed E-state index contributed by atoms with van der Waals surface area (Å²) in [5, 5.41) is 3.07. The number of carbonyl (C=O) groups is 2. The Balaban J connectivity index is 1.65. The van der Waals surface area contributed by atoms with Crippen molar-refractivity contribution in [2.24, 2.45) is 0 Å². The highest BCUT2D eigenvalue weighted by atomic mass is 16.2. The van der Waals surface area contributed by atoms with Crippen molar-refractivity contribution < 1.29 is 9.59 Å². The Kier molecular flexibility index (Phi) is 5.67. The number of amides is 3. The van der Waals surface area contributed by atoms with Gasteiger partial charge in [-0.25, -0.2) is 9.69 Å². The monoisotopic (exact) mass is 391 g/mol. The van der Waals surface area contributed by atoms with E-state index in [1.807, 2.05) is 60.7 Å². The van der Waals surface area contributed by atoms with Crippen LogP contribution in [-0.4, -0.2) is 41.0 Å². The van der Waals surface area contributed by atoms with Crippen LogP contribution >= 0.6 is 0 Å². The summed E-state index contributed by atoms with van der Waals surface area (Å²) in [6.45, 7) is 3.48. The average Bonchev–Trinajstić information content (AvgIpc) is 3.00. The Hall–Kier alpha value is -2.66. The minimum atomic E-state index is -1.06. The van der Waals surface area contributed by atoms with Crippen LogP contribution in [0.25, 0.3) is 0 Å². The molecular weight excluding hydrogens is 362 g/mol. The molecular formula is C24H29N3O2. The van der Waals surface area contributed by atoms with Gasteiger partial charge in [0.2, 0.25) is 0 Å². The smallest absolute Gasteiger partial charge is 0.319 e. The van der Waals surface area contributed by atoms with Crippen molar-refractivity contribution in [3.8, 4) is 0 Å². The summed E-state index contributed by atoms with van der Waals surface area (Å²) >= 11 is 0. The third-order valence-corrected chi connectivity index (χ3v) is 6.30. The van der Waals surface area contributed by atoms with Gasteiger partial charge >= 0.3 is 6.03 Å². The second-order valence-corrected chi connectivity index (χ2v) is 8.11. The fourth-order valence-corrected chi connectivity index (χ4v) is 4.69. The van der Waals surface area contributed by atoms with Crippen LogP contribution in [0.1, 0.15) is 43.7 Å². The Morgan fingerprint density at radius 1 is 1.00 bits per heavy atom. The molecule has 2 aromatic rings. The van der Waals surface area contributed by atoms with Crippen LogP contribution in [0.3, 0.4) is 0 Å². The van der Waals surface area contributed by atoms with Crippen molar-refractivity contribution >= 4 is 11.9 Å². The van der Waals surface area contributed by atoms with Gasteiger partial charge in [-0.3, -0.25) is 9.69 Å². The van der Waals surface area contributed by atoms with Crippen LogP contribution in [0.15, 0.2) is 60.7 Å². The lowest BCUT2D eigenvalue weighted by atomic mass is 9.83. The Labute approximate surface area is 172 Å². The molecule has 5 nitrogen and oxygen atoms in total. The molecule has 3 amide bonds. The van der Waals surface area contributed by atoms with Crippen LogP contribution < -0.4 is 5.32 Å². The van der Waals surface area contributed by atoms with Crippen LogP contribution in [0.5, 0.6) is 0 Å². The number of nitrogens with zero attached hydrogens (tertiary/aromatic N) is 2. The topological polar surface area (TPSA) is 52.6 Å². The molecule has 2 aromatic carbocycles. The van der Waals surface area contributed by atoms with Gasteiger partial charge < -0.3 is 5.32 Å². The number of urea groups is 1. The summed E-state index contributed by atoms with van der Waals surface area (Å²) in [4.78, 5) is 30.4. The predicted molar refractivity (Wildman–Crippen MR) is 113 cm³/mol. The average molecular weight is 392 g/mol. The molecule has 0 saturated carbocycles. The molecule has 0 aromatic heterocycles. The molecule has 152 valence electrons. The van der Waals surface area contributed by atoms with E-state index in [9.17, 15) is 9.59 Å². The number of nitrogens with one attached hydrogen (secondary N) is 1. The van der Waals surface area contributed by atoms with Crippen LogP contribution in [-0.2, 0) is 16.8 Å². The molecule has 4 rings (SSSR count). The summed E-state index contributed by atoms with van der Waals surface area (Å²) in [5.74, 6) is -0.155. The van der Waals surface area contributed by atoms with E-state index >= 15 is 0 Å². The molecule has 0 radical (unpaired) electrons.